The average Bonchev–Trinajstić information content (AvgIpc) is 3.23. The maximum absolute atomic E-state index is 6.02. The van der Waals surface area contributed by atoms with Crippen LogP contribution in [0.2, 0.25) is 5.02 Å². The Hall–Kier alpha value is -2.03. The average molecular weight is 379 g/mol. The molecule has 0 saturated heterocycles. The van der Waals surface area contributed by atoms with Crippen molar-refractivity contribution >= 4 is 46.4 Å². The van der Waals surface area contributed by atoms with Crippen LogP contribution in [0, 0.1) is 0 Å². The highest BCUT2D eigenvalue weighted by molar-refractivity contribution is 7.98. The Kier molecular flexibility index (Phi) is 5.39. The fraction of sp³-hybridized carbons (Fsp3) is 0.133. The number of halogens is 1. The van der Waals surface area contributed by atoms with Crippen molar-refractivity contribution in [3.63, 3.8) is 0 Å². The lowest BCUT2D eigenvalue weighted by molar-refractivity contribution is 0.846. The monoisotopic (exact) mass is 378 g/mol. The van der Waals surface area contributed by atoms with Crippen LogP contribution in [-0.4, -0.2) is 20.6 Å². The van der Waals surface area contributed by atoms with Crippen molar-refractivity contribution in [3.05, 3.63) is 57.2 Å². The first kappa shape index (κ1) is 16.8. The fourth-order valence-corrected chi connectivity index (χ4v) is 3.47. The molecule has 9 heteroatoms. The van der Waals surface area contributed by atoms with Crippen molar-refractivity contribution in [2.45, 2.75) is 17.8 Å². The van der Waals surface area contributed by atoms with Crippen LogP contribution in [-0.2, 0) is 5.75 Å². The molecule has 24 heavy (non-hydrogen) atoms. The Morgan fingerprint density at radius 2 is 2.12 bits per heavy atom. The second kappa shape index (κ2) is 7.69. The standard InChI is InChI=1S/C15H15ClN6S2/c1-10(13-3-2-8-23-13)18-19-14-20-21-15(22(14)17)24-9-11-4-6-12(16)7-5-11/h2-8H,9,17H2,1H3,(H,19,20)/b18-10+. The molecular weight excluding hydrogens is 364 g/mol. The predicted octanol–water partition coefficient (Wildman–Crippen LogP) is 3.84. The Bertz CT molecular complexity index is 826. The summed E-state index contributed by atoms with van der Waals surface area (Å²) < 4.78 is 1.39. The number of nitrogens with zero attached hydrogens (tertiary/aromatic N) is 4. The smallest absolute Gasteiger partial charge is 0.264 e. The van der Waals surface area contributed by atoms with E-state index < -0.39 is 0 Å². The lowest BCUT2D eigenvalue weighted by atomic mass is 10.2. The first-order chi connectivity index (χ1) is 11.6. The molecule has 0 fully saturated rings. The summed E-state index contributed by atoms with van der Waals surface area (Å²) >= 11 is 9.00. The van der Waals surface area contributed by atoms with E-state index in [-0.39, 0.29) is 0 Å². The molecule has 0 amide bonds. The summed E-state index contributed by atoms with van der Waals surface area (Å²) in [7, 11) is 0. The zero-order valence-corrected chi connectivity index (χ0v) is 15.2. The topological polar surface area (TPSA) is 81.1 Å². The minimum atomic E-state index is 0.393. The number of hydrogen-bond donors (Lipinski definition) is 2. The molecule has 0 saturated carbocycles. The van der Waals surface area contributed by atoms with Gasteiger partial charge in [-0.3, -0.25) is 0 Å². The zero-order valence-electron chi connectivity index (χ0n) is 12.8. The van der Waals surface area contributed by atoms with Crippen molar-refractivity contribution in [1.82, 2.24) is 14.9 Å². The summed E-state index contributed by atoms with van der Waals surface area (Å²) in [6.45, 7) is 1.92. The van der Waals surface area contributed by atoms with Gasteiger partial charge in [-0.25, -0.2) is 10.1 Å². The van der Waals surface area contributed by atoms with Crippen LogP contribution in [0.3, 0.4) is 0 Å². The van der Waals surface area contributed by atoms with Gasteiger partial charge in [0.05, 0.1) is 5.71 Å². The van der Waals surface area contributed by atoms with Gasteiger partial charge in [0.15, 0.2) is 0 Å². The molecule has 2 aromatic heterocycles. The molecule has 124 valence electrons. The SMILES string of the molecule is C/C(=N\Nc1nnc(SCc2ccc(Cl)cc2)n1N)c1cccs1. The normalized spacial score (nSPS) is 11.7. The summed E-state index contributed by atoms with van der Waals surface area (Å²) in [5, 5.41) is 15.7. The molecule has 0 atom stereocenters. The van der Waals surface area contributed by atoms with E-state index in [0.29, 0.717) is 11.1 Å². The van der Waals surface area contributed by atoms with E-state index in [1.54, 1.807) is 11.3 Å². The van der Waals surface area contributed by atoms with E-state index >= 15 is 0 Å². The van der Waals surface area contributed by atoms with Crippen molar-refractivity contribution in [2.75, 3.05) is 11.3 Å². The van der Waals surface area contributed by atoms with Crippen LogP contribution < -0.4 is 11.3 Å². The van der Waals surface area contributed by atoms with Gasteiger partial charge in [-0.1, -0.05) is 41.6 Å². The van der Waals surface area contributed by atoms with E-state index in [9.17, 15) is 0 Å². The van der Waals surface area contributed by atoms with E-state index in [2.05, 4.69) is 20.7 Å². The Labute approximate surface area is 152 Å². The number of anilines is 1. The van der Waals surface area contributed by atoms with Crippen LogP contribution in [0.1, 0.15) is 17.4 Å². The highest BCUT2D eigenvalue weighted by Crippen LogP contribution is 2.22. The number of nitrogen functional groups attached to an aromatic ring is 1. The minimum absolute atomic E-state index is 0.393. The molecule has 0 spiro atoms. The third-order valence-electron chi connectivity index (χ3n) is 3.15. The first-order valence-electron chi connectivity index (χ1n) is 7.05. The second-order valence-electron chi connectivity index (χ2n) is 4.88. The van der Waals surface area contributed by atoms with Crippen molar-refractivity contribution in [2.24, 2.45) is 5.10 Å². The zero-order chi connectivity index (χ0) is 16.9. The van der Waals surface area contributed by atoms with Gasteiger partial charge in [-0.05, 0) is 36.1 Å². The number of nitrogens with two attached hydrogens (primary N) is 1. The third kappa shape index (κ3) is 4.08. The summed E-state index contributed by atoms with van der Waals surface area (Å²) in [6, 6.07) is 11.7. The summed E-state index contributed by atoms with van der Waals surface area (Å²) in [6.07, 6.45) is 0. The number of hydrazone groups is 1. The van der Waals surface area contributed by atoms with Crippen LogP contribution in [0.4, 0.5) is 5.95 Å². The lowest BCUT2D eigenvalue weighted by Crippen LogP contribution is -2.13. The number of benzene rings is 1. The summed E-state index contributed by atoms with van der Waals surface area (Å²) in [4.78, 5) is 1.09. The maximum Gasteiger partial charge on any atom is 0.264 e. The molecule has 0 aliphatic heterocycles. The van der Waals surface area contributed by atoms with E-state index in [0.717, 1.165) is 26.9 Å². The number of aromatic nitrogens is 3. The van der Waals surface area contributed by atoms with Gasteiger partial charge < -0.3 is 5.84 Å². The molecule has 3 rings (SSSR count). The molecule has 1 aromatic carbocycles. The van der Waals surface area contributed by atoms with Crippen LogP contribution in [0.5, 0.6) is 0 Å². The van der Waals surface area contributed by atoms with Crippen LogP contribution in [0.25, 0.3) is 0 Å². The lowest BCUT2D eigenvalue weighted by Gasteiger charge is -2.04. The predicted molar refractivity (Wildman–Crippen MR) is 101 cm³/mol. The Morgan fingerprint density at radius 3 is 2.83 bits per heavy atom. The van der Waals surface area contributed by atoms with E-state index in [1.165, 1.54) is 16.4 Å². The van der Waals surface area contributed by atoms with Gasteiger partial charge in [-0.15, -0.1) is 21.5 Å². The van der Waals surface area contributed by atoms with Gasteiger partial charge in [0.2, 0.25) is 5.16 Å². The van der Waals surface area contributed by atoms with Gasteiger partial charge in [-0.2, -0.15) is 5.10 Å². The van der Waals surface area contributed by atoms with Crippen molar-refractivity contribution in [3.8, 4) is 0 Å². The number of thiophene rings is 1. The molecule has 3 N–H and O–H groups in total. The molecule has 0 aliphatic carbocycles. The molecule has 0 aliphatic rings. The highest BCUT2D eigenvalue weighted by atomic mass is 35.5. The van der Waals surface area contributed by atoms with E-state index in [4.69, 9.17) is 17.4 Å². The van der Waals surface area contributed by atoms with Gasteiger partial charge in [0.1, 0.15) is 0 Å². The minimum Gasteiger partial charge on any atom is -0.334 e. The molecular formula is C15H15ClN6S2. The molecule has 0 radical (unpaired) electrons. The van der Waals surface area contributed by atoms with Gasteiger partial charge in [0, 0.05) is 15.7 Å². The van der Waals surface area contributed by atoms with Crippen molar-refractivity contribution < 1.29 is 0 Å². The maximum atomic E-state index is 6.02. The van der Waals surface area contributed by atoms with Crippen molar-refractivity contribution in [1.29, 1.82) is 0 Å². The fourth-order valence-electron chi connectivity index (χ4n) is 1.85. The van der Waals surface area contributed by atoms with Crippen LogP contribution >= 0.6 is 34.7 Å². The number of rotatable bonds is 6. The first-order valence-corrected chi connectivity index (χ1v) is 9.29. The Balaban J connectivity index is 1.63. The van der Waals surface area contributed by atoms with Crippen LogP contribution in [0.15, 0.2) is 52.0 Å². The van der Waals surface area contributed by atoms with Gasteiger partial charge in [0.25, 0.3) is 5.95 Å². The molecule has 0 bridgehead atoms. The molecule has 2 heterocycles. The third-order valence-corrected chi connectivity index (χ3v) is 5.39. The quantitative estimate of drug-likeness (QED) is 0.295. The summed E-state index contributed by atoms with van der Waals surface area (Å²) in [5.74, 6) is 7.14. The largest absolute Gasteiger partial charge is 0.334 e. The van der Waals surface area contributed by atoms with E-state index in [1.807, 2.05) is 48.7 Å². The molecule has 3 aromatic rings. The molecule has 6 nitrogen and oxygen atoms in total. The number of hydrogen-bond acceptors (Lipinski definition) is 7. The second-order valence-corrected chi connectivity index (χ2v) is 7.20. The number of nitrogens with one attached hydrogen (secondary N) is 1. The molecule has 0 unspecified atom stereocenters. The Morgan fingerprint density at radius 1 is 1.33 bits per heavy atom. The van der Waals surface area contributed by atoms with Gasteiger partial charge >= 0.3 is 0 Å². The highest BCUT2D eigenvalue weighted by Gasteiger charge is 2.10. The summed E-state index contributed by atoms with van der Waals surface area (Å²) in [5.41, 5.74) is 4.85. The number of thioether (sulfide) groups is 1.